The molecule has 0 aliphatic carbocycles. The van der Waals surface area contributed by atoms with Gasteiger partial charge in [-0.2, -0.15) is 0 Å². The highest BCUT2D eigenvalue weighted by atomic mass is 15.1. The Bertz CT molecular complexity index is 381. The van der Waals surface area contributed by atoms with Crippen LogP contribution in [-0.2, 0) is 6.54 Å². The number of hydrogen-bond donors (Lipinski definition) is 2. The number of nitrogens with zero attached hydrogens (tertiary/aromatic N) is 3. The minimum Gasteiger partial charge on any atom is -0.370 e. The Labute approximate surface area is 116 Å². The molecule has 1 aromatic rings. The van der Waals surface area contributed by atoms with E-state index in [9.17, 15) is 0 Å². The van der Waals surface area contributed by atoms with E-state index in [1.807, 2.05) is 19.3 Å². The summed E-state index contributed by atoms with van der Waals surface area (Å²) in [5.74, 6) is 2.33. The molecule has 5 heteroatoms. The van der Waals surface area contributed by atoms with Crippen molar-refractivity contribution in [3.05, 3.63) is 18.2 Å². The fourth-order valence-corrected chi connectivity index (χ4v) is 1.78. The van der Waals surface area contributed by atoms with Gasteiger partial charge in [-0.25, -0.2) is 4.98 Å². The molecule has 1 heterocycles. The standard InChI is InChI=1S/C14H27N5/c1-12(2)6-8-18-14(15)17-7-4-5-10-19-11-9-16-13(19)3/h9,11-12H,4-8,10H2,1-3H3,(H3,15,17,18). The summed E-state index contributed by atoms with van der Waals surface area (Å²) in [5, 5.41) is 3.14. The van der Waals surface area contributed by atoms with Crippen LogP contribution in [0.1, 0.15) is 38.9 Å². The topological polar surface area (TPSA) is 68.2 Å². The van der Waals surface area contributed by atoms with Gasteiger partial charge in [0.2, 0.25) is 0 Å². The third-order valence-electron chi connectivity index (χ3n) is 3.04. The van der Waals surface area contributed by atoms with E-state index in [0.29, 0.717) is 11.9 Å². The zero-order valence-electron chi connectivity index (χ0n) is 12.4. The summed E-state index contributed by atoms with van der Waals surface area (Å²) in [6, 6.07) is 0. The second-order valence-electron chi connectivity index (χ2n) is 5.25. The van der Waals surface area contributed by atoms with Crippen molar-refractivity contribution in [1.82, 2.24) is 14.9 Å². The number of unbranched alkanes of at least 4 members (excludes halogenated alkanes) is 1. The van der Waals surface area contributed by atoms with Crippen molar-refractivity contribution in [3.63, 3.8) is 0 Å². The molecule has 0 saturated heterocycles. The average Bonchev–Trinajstić information content (AvgIpc) is 2.74. The van der Waals surface area contributed by atoms with Crippen molar-refractivity contribution in [2.75, 3.05) is 13.1 Å². The minimum atomic E-state index is 0.569. The largest absolute Gasteiger partial charge is 0.370 e. The Morgan fingerprint density at radius 2 is 2.26 bits per heavy atom. The number of aliphatic imine (C=N–C) groups is 1. The molecule has 0 aromatic carbocycles. The van der Waals surface area contributed by atoms with Crippen LogP contribution in [0.15, 0.2) is 17.4 Å². The van der Waals surface area contributed by atoms with Crippen molar-refractivity contribution in [1.29, 1.82) is 0 Å². The lowest BCUT2D eigenvalue weighted by Crippen LogP contribution is -2.33. The van der Waals surface area contributed by atoms with Crippen LogP contribution in [0, 0.1) is 12.8 Å². The quantitative estimate of drug-likeness (QED) is 0.429. The third-order valence-corrected chi connectivity index (χ3v) is 3.04. The lowest BCUT2D eigenvalue weighted by molar-refractivity contribution is 0.575. The summed E-state index contributed by atoms with van der Waals surface area (Å²) in [6.07, 6.45) is 7.12. The molecule has 0 aliphatic rings. The molecule has 0 saturated carbocycles. The summed E-state index contributed by atoms with van der Waals surface area (Å²) in [4.78, 5) is 8.52. The Morgan fingerprint density at radius 3 is 2.89 bits per heavy atom. The van der Waals surface area contributed by atoms with Crippen molar-refractivity contribution < 1.29 is 0 Å². The number of rotatable bonds is 8. The second-order valence-corrected chi connectivity index (χ2v) is 5.25. The molecule has 0 spiro atoms. The smallest absolute Gasteiger partial charge is 0.188 e. The van der Waals surface area contributed by atoms with Gasteiger partial charge in [0, 0.05) is 32.0 Å². The molecule has 1 rings (SSSR count). The summed E-state index contributed by atoms with van der Waals surface area (Å²) >= 11 is 0. The maximum atomic E-state index is 5.78. The molecular formula is C14H27N5. The van der Waals surface area contributed by atoms with E-state index in [1.165, 1.54) is 0 Å². The van der Waals surface area contributed by atoms with Crippen LogP contribution in [0.4, 0.5) is 0 Å². The zero-order chi connectivity index (χ0) is 14.1. The molecule has 3 N–H and O–H groups in total. The van der Waals surface area contributed by atoms with Gasteiger partial charge in [-0.3, -0.25) is 4.99 Å². The molecule has 0 radical (unpaired) electrons. The predicted octanol–water partition coefficient (Wildman–Crippen LogP) is 1.92. The first kappa shape index (κ1) is 15.5. The monoisotopic (exact) mass is 265 g/mol. The van der Waals surface area contributed by atoms with Crippen LogP contribution in [0.5, 0.6) is 0 Å². The number of aryl methyl sites for hydroxylation is 2. The van der Waals surface area contributed by atoms with Gasteiger partial charge >= 0.3 is 0 Å². The van der Waals surface area contributed by atoms with Gasteiger partial charge in [-0.15, -0.1) is 0 Å². The lowest BCUT2D eigenvalue weighted by atomic mass is 10.1. The van der Waals surface area contributed by atoms with E-state index >= 15 is 0 Å². The minimum absolute atomic E-state index is 0.569. The van der Waals surface area contributed by atoms with Crippen LogP contribution >= 0.6 is 0 Å². The number of nitrogens with two attached hydrogens (primary N) is 1. The van der Waals surface area contributed by atoms with Crippen LogP contribution in [0.25, 0.3) is 0 Å². The summed E-state index contributed by atoms with van der Waals surface area (Å²) in [7, 11) is 0. The maximum Gasteiger partial charge on any atom is 0.188 e. The summed E-state index contributed by atoms with van der Waals surface area (Å²) < 4.78 is 2.16. The van der Waals surface area contributed by atoms with E-state index in [4.69, 9.17) is 5.73 Å². The molecule has 0 aliphatic heterocycles. The Balaban J connectivity index is 2.07. The Morgan fingerprint density at radius 1 is 1.47 bits per heavy atom. The molecular weight excluding hydrogens is 238 g/mol. The van der Waals surface area contributed by atoms with Gasteiger partial charge in [-0.05, 0) is 32.1 Å². The first-order valence-corrected chi connectivity index (χ1v) is 7.11. The van der Waals surface area contributed by atoms with Crippen LogP contribution in [0.3, 0.4) is 0 Å². The van der Waals surface area contributed by atoms with E-state index in [0.717, 1.165) is 44.7 Å². The van der Waals surface area contributed by atoms with Crippen LogP contribution < -0.4 is 11.1 Å². The van der Waals surface area contributed by atoms with Gasteiger partial charge in [-0.1, -0.05) is 13.8 Å². The highest BCUT2D eigenvalue weighted by Gasteiger charge is 1.97. The second kappa shape index (κ2) is 8.56. The summed E-state index contributed by atoms with van der Waals surface area (Å²) in [5.41, 5.74) is 5.78. The average molecular weight is 265 g/mol. The van der Waals surface area contributed by atoms with Gasteiger partial charge in [0.15, 0.2) is 5.96 Å². The molecule has 0 atom stereocenters. The van der Waals surface area contributed by atoms with Gasteiger partial charge in [0.25, 0.3) is 0 Å². The number of hydrogen-bond acceptors (Lipinski definition) is 2. The first-order chi connectivity index (χ1) is 9.09. The highest BCUT2D eigenvalue weighted by molar-refractivity contribution is 5.77. The molecule has 5 nitrogen and oxygen atoms in total. The van der Waals surface area contributed by atoms with Crippen molar-refractivity contribution in [2.24, 2.45) is 16.6 Å². The molecule has 0 amide bonds. The van der Waals surface area contributed by atoms with E-state index in [-0.39, 0.29) is 0 Å². The van der Waals surface area contributed by atoms with Crippen molar-refractivity contribution in [2.45, 2.75) is 46.6 Å². The van der Waals surface area contributed by atoms with Crippen molar-refractivity contribution >= 4 is 5.96 Å². The molecule has 0 fully saturated rings. The number of guanidine groups is 1. The fourth-order valence-electron chi connectivity index (χ4n) is 1.78. The number of aromatic nitrogens is 2. The fraction of sp³-hybridized carbons (Fsp3) is 0.714. The van der Waals surface area contributed by atoms with Gasteiger partial charge < -0.3 is 15.6 Å². The van der Waals surface area contributed by atoms with Crippen LogP contribution in [-0.4, -0.2) is 28.6 Å². The molecule has 19 heavy (non-hydrogen) atoms. The van der Waals surface area contributed by atoms with Crippen molar-refractivity contribution in [3.8, 4) is 0 Å². The van der Waals surface area contributed by atoms with Crippen LogP contribution in [0.2, 0.25) is 0 Å². The molecule has 0 bridgehead atoms. The molecule has 108 valence electrons. The maximum absolute atomic E-state index is 5.78. The highest BCUT2D eigenvalue weighted by Crippen LogP contribution is 2.00. The first-order valence-electron chi connectivity index (χ1n) is 7.11. The lowest BCUT2D eigenvalue weighted by Gasteiger charge is -2.07. The van der Waals surface area contributed by atoms with Gasteiger partial charge in [0.1, 0.15) is 5.82 Å². The Kier molecular flexibility index (Phi) is 7.00. The van der Waals surface area contributed by atoms with Gasteiger partial charge in [0.05, 0.1) is 0 Å². The van der Waals surface area contributed by atoms with E-state index in [1.54, 1.807) is 0 Å². The predicted molar refractivity (Wildman–Crippen MR) is 80.1 cm³/mol. The van der Waals surface area contributed by atoms with E-state index in [2.05, 4.69) is 33.7 Å². The Hall–Kier alpha value is -1.52. The third kappa shape index (κ3) is 6.84. The summed E-state index contributed by atoms with van der Waals surface area (Å²) in [6.45, 7) is 9.12. The zero-order valence-corrected chi connectivity index (χ0v) is 12.4. The molecule has 0 unspecified atom stereocenters. The normalized spacial score (nSPS) is 12.1. The number of imidazole rings is 1. The van der Waals surface area contributed by atoms with E-state index < -0.39 is 0 Å². The molecule has 1 aromatic heterocycles. The number of nitrogens with one attached hydrogen (secondary N) is 1. The SMILES string of the molecule is Cc1nccn1CCCCN=C(N)NCCC(C)C.